The van der Waals surface area contributed by atoms with E-state index in [1.54, 1.807) is 6.20 Å². The highest BCUT2D eigenvalue weighted by molar-refractivity contribution is 6.31. The number of H-pyrrole nitrogens is 1. The first-order chi connectivity index (χ1) is 7.84. The number of aromatic nitrogens is 3. The second kappa shape index (κ2) is 3.61. The zero-order valence-electron chi connectivity index (χ0n) is 8.31. The maximum atomic E-state index is 5.91. The number of pyridine rings is 1. The van der Waals surface area contributed by atoms with Crippen molar-refractivity contribution in [2.45, 2.75) is 0 Å². The Morgan fingerprint density at radius 1 is 1.12 bits per heavy atom. The number of fused-ring (bicyclic) bond motifs is 1. The lowest BCUT2D eigenvalue weighted by Gasteiger charge is -1.95. The van der Waals surface area contributed by atoms with E-state index >= 15 is 0 Å². The Balaban J connectivity index is 2.26. The average Bonchev–Trinajstić information content (AvgIpc) is 2.73. The number of nitrogens with zero attached hydrogens (tertiary/aromatic N) is 2. The van der Waals surface area contributed by atoms with Gasteiger partial charge in [-0.3, -0.25) is 10.1 Å². The molecule has 3 nitrogen and oxygen atoms in total. The van der Waals surface area contributed by atoms with Gasteiger partial charge in [0.05, 0.1) is 11.2 Å². The maximum Gasteiger partial charge on any atom is 0.118 e. The second-order valence-electron chi connectivity index (χ2n) is 3.48. The lowest BCUT2D eigenvalue weighted by Crippen LogP contribution is -1.82. The highest BCUT2D eigenvalue weighted by Crippen LogP contribution is 2.26. The van der Waals surface area contributed by atoms with Gasteiger partial charge < -0.3 is 0 Å². The monoisotopic (exact) mass is 229 g/mol. The Hall–Kier alpha value is -1.87. The van der Waals surface area contributed by atoms with Crippen molar-refractivity contribution >= 4 is 22.5 Å². The molecule has 4 heteroatoms. The predicted octanol–water partition coefficient (Wildman–Crippen LogP) is 3.28. The Morgan fingerprint density at radius 2 is 2.06 bits per heavy atom. The van der Waals surface area contributed by atoms with Crippen LogP contribution in [-0.2, 0) is 0 Å². The third-order valence-electron chi connectivity index (χ3n) is 2.43. The number of nitrogens with one attached hydrogen (secondary N) is 1. The summed E-state index contributed by atoms with van der Waals surface area (Å²) in [6.45, 7) is 0. The van der Waals surface area contributed by atoms with Gasteiger partial charge in [0.25, 0.3) is 0 Å². The Morgan fingerprint density at radius 3 is 2.88 bits per heavy atom. The van der Waals surface area contributed by atoms with Gasteiger partial charge in [0.1, 0.15) is 5.69 Å². The van der Waals surface area contributed by atoms with Crippen molar-refractivity contribution in [3.63, 3.8) is 0 Å². The number of aromatic amines is 1. The standard InChI is InChI=1S/C12H8ClN3/c13-8-4-5-9-11(7-8)15-16-12(9)10-3-1-2-6-14-10/h1-7H,(H,15,16). The first-order valence-electron chi connectivity index (χ1n) is 4.89. The van der Waals surface area contributed by atoms with E-state index < -0.39 is 0 Å². The summed E-state index contributed by atoms with van der Waals surface area (Å²) in [5, 5.41) is 8.94. The van der Waals surface area contributed by atoms with Crippen LogP contribution in [0.3, 0.4) is 0 Å². The normalized spacial score (nSPS) is 10.8. The number of benzene rings is 1. The molecule has 0 atom stereocenters. The summed E-state index contributed by atoms with van der Waals surface area (Å²) in [6.07, 6.45) is 1.76. The molecule has 1 N–H and O–H groups in total. The van der Waals surface area contributed by atoms with Gasteiger partial charge in [0.15, 0.2) is 0 Å². The van der Waals surface area contributed by atoms with Gasteiger partial charge in [0.2, 0.25) is 0 Å². The maximum absolute atomic E-state index is 5.91. The van der Waals surface area contributed by atoms with Gasteiger partial charge in [-0.05, 0) is 30.3 Å². The molecule has 78 valence electrons. The van der Waals surface area contributed by atoms with Crippen molar-refractivity contribution < 1.29 is 0 Å². The SMILES string of the molecule is Clc1ccc2c(-c3ccccn3)n[nH]c2c1. The number of hydrogen-bond acceptors (Lipinski definition) is 2. The van der Waals surface area contributed by atoms with Crippen LogP contribution in [-0.4, -0.2) is 15.2 Å². The summed E-state index contributed by atoms with van der Waals surface area (Å²) in [5.41, 5.74) is 2.64. The van der Waals surface area contributed by atoms with E-state index in [2.05, 4.69) is 15.2 Å². The van der Waals surface area contributed by atoms with E-state index in [4.69, 9.17) is 11.6 Å². The fourth-order valence-electron chi connectivity index (χ4n) is 1.69. The van der Waals surface area contributed by atoms with Crippen LogP contribution in [0.25, 0.3) is 22.3 Å². The zero-order valence-corrected chi connectivity index (χ0v) is 9.07. The number of hydrogen-bond donors (Lipinski definition) is 1. The van der Waals surface area contributed by atoms with Gasteiger partial charge in [-0.25, -0.2) is 0 Å². The molecule has 2 aromatic heterocycles. The van der Waals surface area contributed by atoms with Crippen molar-refractivity contribution in [2.24, 2.45) is 0 Å². The highest BCUT2D eigenvalue weighted by atomic mass is 35.5. The van der Waals surface area contributed by atoms with Crippen molar-refractivity contribution in [3.8, 4) is 11.4 Å². The summed E-state index contributed by atoms with van der Waals surface area (Å²) in [6, 6.07) is 11.4. The number of rotatable bonds is 1. The van der Waals surface area contributed by atoms with Crippen LogP contribution in [0, 0.1) is 0 Å². The minimum Gasteiger partial charge on any atom is -0.277 e. The van der Waals surface area contributed by atoms with E-state index in [9.17, 15) is 0 Å². The smallest absolute Gasteiger partial charge is 0.118 e. The fraction of sp³-hybridized carbons (Fsp3) is 0. The molecule has 0 bridgehead atoms. The molecule has 0 amide bonds. The molecule has 0 saturated heterocycles. The molecule has 3 aromatic rings. The first kappa shape index (κ1) is 9.36. The second-order valence-corrected chi connectivity index (χ2v) is 3.91. The van der Waals surface area contributed by atoms with Crippen LogP contribution < -0.4 is 0 Å². The first-order valence-corrected chi connectivity index (χ1v) is 5.27. The summed E-state index contributed by atoms with van der Waals surface area (Å²) in [7, 11) is 0. The van der Waals surface area contributed by atoms with Crippen molar-refractivity contribution in [2.75, 3.05) is 0 Å². The fourth-order valence-corrected chi connectivity index (χ4v) is 1.86. The lowest BCUT2D eigenvalue weighted by molar-refractivity contribution is 1.11. The van der Waals surface area contributed by atoms with Crippen LogP contribution in [0.1, 0.15) is 0 Å². The summed E-state index contributed by atoms with van der Waals surface area (Å²) < 4.78 is 0. The van der Waals surface area contributed by atoms with Crippen LogP contribution >= 0.6 is 11.6 Å². The van der Waals surface area contributed by atoms with Gasteiger partial charge in [-0.15, -0.1) is 0 Å². The van der Waals surface area contributed by atoms with Gasteiger partial charge in [-0.1, -0.05) is 17.7 Å². The Bertz CT molecular complexity index is 631. The van der Waals surface area contributed by atoms with E-state index in [1.165, 1.54) is 0 Å². The molecule has 1 aromatic carbocycles. The van der Waals surface area contributed by atoms with Gasteiger partial charge in [-0.2, -0.15) is 5.10 Å². The molecule has 3 rings (SSSR count). The minimum absolute atomic E-state index is 0.698. The van der Waals surface area contributed by atoms with Crippen molar-refractivity contribution in [1.82, 2.24) is 15.2 Å². The van der Waals surface area contributed by atoms with Gasteiger partial charge >= 0.3 is 0 Å². The summed E-state index contributed by atoms with van der Waals surface area (Å²) in [5.74, 6) is 0. The molecule has 16 heavy (non-hydrogen) atoms. The van der Waals surface area contributed by atoms with E-state index in [0.29, 0.717) is 5.02 Å². The molecule has 0 fully saturated rings. The van der Waals surface area contributed by atoms with Gasteiger partial charge in [0, 0.05) is 16.6 Å². The molecule has 0 unspecified atom stereocenters. The third kappa shape index (κ3) is 1.46. The molecular weight excluding hydrogens is 222 g/mol. The molecule has 0 aliphatic carbocycles. The number of halogens is 1. The third-order valence-corrected chi connectivity index (χ3v) is 2.67. The zero-order chi connectivity index (χ0) is 11.0. The molecule has 2 heterocycles. The Labute approximate surface area is 97.1 Å². The lowest BCUT2D eigenvalue weighted by atomic mass is 10.1. The quantitative estimate of drug-likeness (QED) is 0.696. The summed E-state index contributed by atoms with van der Waals surface area (Å²) >= 11 is 5.91. The molecule has 0 radical (unpaired) electrons. The molecule has 0 saturated carbocycles. The van der Waals surface area contributed by atoms with E-state index in [-0.39, 0.29) is 0 Å². The highest BCUT2D eigenvalue weighted by Gasteiger charge is 2.08. The molecule has 0 aliphatic heterocycles. The van der Waals surface area contributed by atoms with Crippen LogP contribution in [0.5, 0.6) is 0 Å². The van der Waals surface area contributed by atoms with Crippen LogP contribution in [0.4, 0.5) is 0 Å². The summed E-state index contributed by atoms with van der Waals surface area (Å²) in [4.78, 5) is 4.28. The molecule has 0 spiro atoms. The van der Waals surface area contributed by atoms with E-state index in [0.717, 1.165) is 22.3 Å². The topological polar surface area (TPSA) is 41.6 Å². The van der Waals surface area contributed by atoms with Crippen molar-refractivity contribution in [1.29, 1.82) is 0 Å². The minimum atomic E-state index is 0.698. The average molecular weight is 230 g/mol. The largest absolute Gasteiger partial charge is 0.277 e. The van der Waals surface area contributed by atoms with E-state index in [1.807, 2.05) is 36.4 Å². The van der Waals surface area contributed by atoms with Crippen molar-refractivity contribution in [3.05, 3.63) is 47.6 Å². The predicted molar refractivity (Wildman–Crippen MR) is 64.3 cm³/mol. The molecular formula is C12H8ClN3. The Kier molecular flexibility index (Phi) is 2.11. The van der Waals surface area contributed by atoms with Crippen LogP contribution in [0.2, 0.25) is 5.02 Å². The van der Waals surface area contributed by atoms with Crippen LogP contribution in [0.15, 0.2) is 42.6 Å². The molecule has 0 aliphatic rings.